The summed E-state index contributed by atoms with van der Waals surface area (Å²) < 4.78 is 0. The lowest BCUT2D eigenvalue weighted by molar-refractivity contribution is -0.564. The van der Waals surface area contributed by atoms with Gasteiger partial charge < -0.3 is 27.7 Å². The Kier molecular flexibility index (Phi) is 8.51. The standard InChI is InChI=1S/C17H24N2O5.ClH/c20-14-7-6-12(9-15(14)21)8-13(16(22)23)19-17(24)18-10-11-4-2-1-3-5-11;/h6-7,9,11,13,20-21H,1-5,8,10H2,(H,22,23)(H2,18,19,24);1H/t13-;/m0./s1. The number of phenolic OH excluding ortho intramolecular Hbond substituents is 2. The molecule has 0 unspecified atom stereocenters. The molecule has 25 heavy (non-hydrogen) atoms. The zero-order valence-corrected chi connectivity index (χ0v) is 14.7. The fraction of sp³-hybridized carbons (Fsp3) is 0.529. The second kappa shape index (κ2) is 10.1. The van der Waals surface area contributed by atoms with Crippen molar-refractivity contribution in [2.24, 2.45) is 5.92 Å². The number of primary amides is 1. The summed E-state index contributed by atoms with van der Waals surface area (Å²) in [5.74, 6) is -1.20. The summed E-state index contributed by atoms with van der Waals surface area (Å²) in [6.07, 6.45) is 5.93. The van der Waals surface area contributed by atoms with Crippen molar-refractivity contribution >= 4 is 12.0 Å². The van der Waals surface area contributed by atoms with Crippen molar-refractivity contribution in [3.63, 3.8) is 0 Å². The number of urea groups is 1. The first-order valence-electron chi connectivity index (χ1n) is 8.33. The number of carboxylic acid groups (broad SMARTS) is 1. The number of carbonyl (C=O) groups is 2. The number of hydrogen-bond donors (Lipinski definition) is 5. The SMILES string of the molecule is O=C(N[C@@H](Cc1ccc(O)c(O)c1)C(=O)O)[NH2+]CC1CCCCC1.[Cl-]. The zero-order chi connectivity index (χ0) is 17.5. The van der Waals surface area contributed by atoms with Gasteiger partial charge in [0, 0.05) is 12.3 Å². The van der Waals surface area contributed by atoms with Gasteiger partial charge in [0.05, 0.1) is 6.54 Å². The Labute approximate surface area is 152 Å². The van der Waals surface area contributed by atoms with Crippen molar-refractivity contribution in [2.75, 3.05) is 6.54 Å². The first-order chi connectivity index (χ1) is 11.5. The third kappa shape index (κ3) is 6.80. The smallest absolute Gasteiger partial charge is 0.414 e. The van der Waals surface area contributed by atoms with Gasteiger partial charge in [0.1, 0.15) is 6.04 Å². The molecule has 7 nitrogen and oxygen atoms in total. The predicted molar refractivity (Wildman–Crippen MR) is 86.8 cm³/mol. The van der Waals surface area contributed by atoms with E-state index in [-0.39, 0.29) is 36.4 Å². The molecule has 1 aromatic carbocycles. The lowest BCUT2D eigenvalue weighted by atomic mass is 9.89. The number of benzene rings is 1. The maximum absolute atomic E-state index is 12.0. The van der Waals surface area contributed by atoms with Crippen LogP contribution >= 0.6 is 0 Å². The van der Waals surface area contributed by atoms with Gasteiger partial charge in [0.2, 0.25) is 0 Å². The Bertz CT molecular complexity index is 590. The lowest BCUT2D eigenvalue weighted by Gasteiger charge is -2.20. The van der Waals surface area contributed by atoms with Gasteiger partial charge in [-0.25, -0.2) is 9.59 Å². The highest BCUT2D eigenvalue weighted by Crippen LogP contribution is 2.25. The number of carboxylic acids is 1. The molecule has 1 fully saturated rings. The Morgan fingerprint density at radius 3 is 2.44 bits per heavy atom. The van der Waals surface area contributed by atoms with Crippen molar-refractivity contribution < 1.29 is 42.6 Å². The summed E-state index contributed by atoms with van der Waals surface area (Å²) in [5.41, 5.74) is 0.519. The van der Waals surface area contributed by atoms with E-state index in [9.17, 15) is 24.9 Å². The van der Waals surface area contributed by atoms with E-state index in [2.05, 4.69) is 5.32 Å². The van der Waals surface area contributed by atoms with E-state index < -0.39 is 12.0 Å². The summed E-state index contributed by atoms with van der Waals surface area (Å²) >= 11 is 0. The van der Waals surface area contributed by atoms with Crippen LogP contribution in [0.15, 0.2) is 18.2 Å². The number of halogens is 1. The molecule has 0 aromatic heterocycles. The number of aliphatic carboxylic acids is 1. The number of rotatable bonds is 6. The molecule has 2 rings (SSSR count). The Morgan fingerprint density at radius 1 is 1.16 bits per heavy atom. The summed E-state index contributed by atoms with van der Waals surface area (Å²) in [4.78, 5) is 23.3. The van der Waals surface area contributed by atoms with Crippen molar-refractivity contribution in [3.05, 3.63) is 23.8 Å². The molecule has 0 saturated heterocycles. The molecule has 0 spiro atoms. The quantitative estimate of drug-likeness (QED) is 0.368. The van der Waals surface area contributed by atoms with Crippen LogP contribution in [0.25, 0.3) is 0 Å². The third-order valence-corrected chi connectivity index (χ3v) is 4.46. The zero-order valence-electron chi connectivity index (χ0n) is 13.9. The molecule has 140 valence electrons. The van der Waals surface area contributed by atoms with Gasteiger partial charge in [-0.1, -0.05) is 25.3 Å². The van der Waals surface area contributed by atoms with Gasteiger partial charge in [-0.3, -0.25) is 10.6 Å². The monoisotopic (exact) mass is 372 g/mol. The molecule has 1 aliphatic rings. The van der Waals surface area contributed by atoms with Crippen LogP contribution in [0.2, 0.25) is 0 Å². The van der Waals surface area contributed by atoms with Gasteiger partial charge in [-0.05, 0) is 30.5 Å². The molecule has 0 radical (unpaired) electrons. The largest absolute Gasteiger partial charge is 1.00 e. The molecule has 8 heteroatoms. The fourth-order valence-corrected chi connectivity index (χ4v) is 3.06. The second-order valence-electron chi connectivity index (χ2n) is 6.37. The molecule has 1 atom stereocenters. The predicted octanol–water partition coefficient (Wildman–Crippen LogP) is -2.05. The van der Waals surface area contributed by atoms with Crippen LogP contribution in [0.5, 0.6) is 11.5 Å². The van der Waals surface area contributed by atoms with Crippen LogP contribution in [0.3, 0.4) is 0 Å². The van der Waals surface area contributed by atoms with E-state index >= 15 is 0 Å². The Hall–Kier alpha value is -1.99. The van der Waals surface area contributed by atoms with Crippen LogP contribution in [-0.2, 0) is 11.2 Å². The van der Waals surface area contributed by atoms with E-state index in [1.807, 2.05) is 0 Å². The van der Waals surface area contributed by atoms with E-state index in [0.717, 1.165) is 12.8 Å². The molecular weight excluding hydrogens is 348 g/mol. The molecule has 2 amide bonds. The number of nitrogens with two attached hydrogens (primary N) is 1. The summed E-state index contributed by atoms with van der Waals surface area (Å²) in [5, 5.41) is 32.1. The molecule has 1 aliphatic carbocycles. The minimum Gasteiger partial charge on any atom is -1.00 e. The van der Waals surface area contributed by atoms with Crippen LogP contribution in [-0.4, -0.2) is 39.9 Å². The highest BCUT2D eigenvalue weighted by molar-refractivity contribution is 5.79. The highest BCUT2D eigenvalue weighted by atomic mass is 35.5. The van der Waals surface area contributed by atoms with Gasteiger partial charge in [0.25, 0.3) is 0 Å². The first kappa shape index (κ1) is 21.1. The summed E-state index contributed by atoms with van der Waals surface area (Å²) in [6.45, 7) is 0.679. The van der Waals surface area contributed by atoms with E-state index in [0.29, 0.717) is 18.0 Å². The number of phenols is 2. The molecule has 1 aromatic rings. The lowest BCUT2D eigenvalue weighted by Crippen LogP contribution is -3.00. The number of amides is 2. The topological polar surface area (TPSA) is 123 Å². The minimum atomic E-state index is -1.14. The Morgan fingerprint density at radius 2 is 1.84 bits per heavy atom. The van der Waals surface area contributed by atoms with Gasteiger partial charge >= 0.3 is 12.0 Å². The van der Waals surface area contributed by atoms with Crippen molar-refractivity contribution in [1.82, 2.24) is 5.32 Å². The fourth-order valence-electron chi connectivity index (χ4n) is 3.06. The molecule has 6 N–H and O–H groups in total. The maximum atomic E-state index is 12.0. The van der Waals surface area contributed by atoms with Crippen molar-refractivity contribution in [3.8, 4) is 11.5 Å². The average molecular weight is 373 g/mol. The van der Waals surface area contributed by atoms with Crippen LogP contribution < -0.4 is 23.0 Å². The van der Waals surface area contributed by atoms with E-state index in [4.69, 9.17) is 0 Å². The number of nitrogens with one attached hydrogen (secondary N) is 1. The number of carbonyl (C=O) groups excluding carboxylic acids is 1. The molecular formula is C17H25ClN2O5. The first-order valence-corrected chi connectivity index (χ1v) is 8.33. The molecule has 0 heterocycles. The molecule has 1 saturated carbocycles. The van der Waals surface area contributed by atoms with E-state index in [1.165, 1.54) is 37.5 Å². The summed E-state index contributed by atoms with van der Waals surface area (Å²) in [6, 6.07) is 2.65. The van der Waals surface area contributed by atoms with E-state index in [1.54, 1.807) is 5.32 Å². The number of hydrogen-bond acceptors (Lipinski definition) is 4. The Balaban J connectivity index is 0.00000312. The van der Waals surface area contributed by atoms with Gasteiger partial charge in [-0.2, -0.15) is 0 Å². The summed E-state index contributed by atoms with van der Waals surface area (Å²) in [7, 11) is 0. The normalized spacial score (nSPS) is 15.8. The van der Waals surface area contributed by atoms with Gasteiger partial charge in [0.15, 0.2) is 11.5 Å². The maximum Gasteiger partial charge on any atom is 0.414 e. The van der Waals surface area contributed by atoms with Crippen LogP contribution in [0.1, 0.15) is 37.7 Å². The molecule has 0 aliphatic heterocycles. The average Bonchev–Trinajstić information content (AvgIpc) is 2.56. The second-order valence-corrected chi connectivity index (χ2v) is 6.37. The minimum absolute atomic E-state index is 0. The third-order valence-electron chi connectivity index (χ3n) is 4.46. The van der Waals surface area contributed by atoms with Crippen LogP contribution in [0, 0.1) is 5.92 Å². The van der Waals surface area contributed by atoms with Crippen molar-refractivity contribution in [2.45, 2.75) is 44.6 Å². The van der Waals surface area contributed by atoms with Crippen molar-refractivity contribution in [1.29, 1.82) is 0 Å². The van der Waals surface area contributed by atoms with Gasteiger partial charge in [-0.15, -0.1) is 0 Å². The number of quaternary nitrogens is 1. The van der Waals surface area contributed by atoms with Crippen LogP contribution in [0.4, 0.5) is 4.79 Å². The highest BCUT2D eigenvalue weighted by Gasteiger charge is 2.24. The number of aromatic hydroxyl groups is 2. The molecule has 0 bridgehead atoms.